The average Bonchev–Trinajstić information content (AvgIpc) is 2.94. The summed E-state index contributed by atoms with van der Waals surface area (Å²) in [5, 5.41) is 7.24. The minimum atomic E-state index is -0.228. The third kappa shape index (κ3) is 5.95. The zero-order chi connectivity index (χ0) is 21.5. The fraction of sp³-hybridized carbons (Fsp3) is 0.591. The van der Waals surface area contributed by atoms with Gasteiger partial charge in [-0.3, -0.25) is 14.3 Å². The molecule has 0 aliphatic carbocycles. The Morgan fingerprint density at radius 1 is 1.16 bits per heavy atom. The summed E-state index contributed by atoms with van der Waals surface area (Å²) in [4.78, 5) is 27.2. The van der Waals surface area contributed by atoms with Gasteiger partial charge in [0, 0.05) is 39.1 Å². The van der Waals surface area contributed by atoms with Crippen molar-refractivity contribution in [3.05, 3.63) is 46.1 Å². The molecule has 3 heterocycles. The Hall–Kier alpha value is -2.65. The molecule has 0 atom stereocenters. The van der Waals surface area contributed by atoms with Crippen LogP contribution < -0.4 is 15.7 Å². The quantitative estimate of drug-likeness (QED) is 0.668. The Kier molecular flexibility index (Phi) is 7.37. The number of benzene rings is 1. The van der Waals surface area contributed by atoms with Gasteiger partial charge in [0.25, 0.3) is 0 Å². The van der Waals surface area contributed by atoms with Crippen LogP contribution in [0.5, 0.6) is 5.75 Å². The summed E-state index contributed by atoms with van der Waals surface area (Å²) < 4.78 is 14.2. The second-order valence-electron chi connectivity index (χ2n) is 8.05. The first-order valence-corrected chi connectivity index (χ1v) is 11.1. The second kappa shape index (κ2) is 10.6. The van der Waals surface area contributed by atoms with Crippen molar-refractivity contribution in [2.24, 2.45) is 0 Å². The molecule has 2 aromatic rings. The summed E-state index contributed by atoms with van der Waals surface area (Å²) in [6.45, 7) is 5.93. The van der Waals surface area contributed by atoms with Gasteiger partial charge in [-0.1, -0.05) is 18.6 Å². The number of amides is 1. The predicted molar refractivity (Wildman–Crippen MR) is 115 cm³/mol. The lowest BCUT2D eigenvalue weighted by Gasteiger charge is -2.26. The largest absolute Gasteiger partial charge is 0.492 e. The number of aryl methyl sites for hydroxylation is 1. The number of fused-ring (bicyclic) bond motifs is 1. The number of aromatic nitrogens is 3. The van der Waals surface area contributed by atoms with Gasteiger partial charge in [0.15, 0.2) is 0 Å². The van der Waals surface area contributed by atoms with Crippen LogP contribution in [-0.2, 0) is 35.6 Å². The van der Waals surface area contributed by atoms with Gasteiger partial charge in [-0.25, -0.2) is 9.48 Å². The van der Waals surface area contributed by atoms with Crippen LogP contribution in [0, 0.1) is 0 Å². The molecule has 0 bridgehead atoms. The third-order valence-corrected chi connectivity index (χ3v) is 5.74. The van der Waals surface area contributed by atoms with Gasteiger partial charge >= 0.3 is 5.69 Å². The lowest BCUT2D eigenvalue weighted by Crippen LogP contribution is -2.38. The van der Waals surface area contributed by atoms with E-state index in [2.05, 4.69) is 15.3 Å². The first-order valence-electron chi connectivity index (χ1n) is 11.1. The van der Waals surface area contributed by atoms with E-state index < -0.39 is 0 Å². The maximum absolute atomic E-state index is 12.5. The zero-order valence-electron chi connectivity index (χ0n) is 17.9. The van der Waals surface area contributed by atoms with Crippen LogP contribution in [-0.4, -0.2) is 64.6 Å². The third-order valence-electron chi connectivity index (χ3n) is 5.74. The molecular formula is C22H31N5O4. The van der Waals surface area contributed by atoms with Crippen molar-refractivity contribution in [1.82, 2.24) is 24.6 Å². The molecule has 9 heteroatoms. The van der Waals surface area contributed by atoms with E-state index in [1.807, 2.05) is 24.3 Å². The van der Waals surface area contributed by atoms with E-state index in [0.717, 1.165) is 75.7 Å². The maximum atomic E-state index is 12.5. The molecule has 0 spiro atoms. The van der Waals surface area contributed by atoms with Crippen molar-refractivity contribution < 1.29 is 14.3 Å². The topological polar surface area (TPSA) is 90.6 Å². The predicted octanol–water partition coefficient (Wildman–Crippen LogP) is 0.799. The number of nitrogens with one attached hydrogen (secondary N) is 1. The maximum Gasteiger partial charge on any atom is 0.346 e. The Morgan fingerprint density at radius 2 is 2.03 bits per heavy atom. The minimum Gasteiger partial charge on any atom is -0.492 e. The van der Waals surface area contributed by atoms with Crippen LogP contribution in [0.15, 0.2) is 29.1 Å². The van der Waals surface area contributed by atoms with E-state index in [4.69, 9.17) is 9.47 Å². The molecule has 2 aliphatic heterocycles. The van der Waals surface area contributed by atoms with Crippen molar-refractivity contribution in [2.75, 3.05) is 39.5 Å². The fourth-order valence-corrected chi connectivity index (χ4v) is 3.98. The van der Waals surface area contributed by atoms with Crippen LogP contribution in [0.2, 0.25) is 0 Å². The molecule has 4 rings (SSSR count). The van der Waals surface area contributed by atoms with Gasteiger partial charge in [0.2, 0.25) is 5.91 Å². The highest BCUT2D eigenvalue weighted by atomic mass is 16.5. The molecule has 1 aromatic heterocycles. The van der Waals surface area contributed by atoms with Crippen LogP contribution in [0.1, 0.15) is 30.7 Å². The van der Waals surface area contributed by atoms with Crippen LogP contribution >= 0.6 is 0 Å². The molecule has 1 aromatic carbocycles. The number of hydrogen-bond donors (Lipinski definition) is 1. The standard InChI is InChI=1S/C22H31N5O4/c28-21(17-27-22(29)26-8-3-1-2-7-20(26)24-27)23-16-18-5-4-6-19(15-18)31-14-11-25-9-12-30-13-10-25/h4-6,15H,1-3,7-14,16-17H2,(H,23,28). The molecule has 1 saturated heterocycles. The van der Waals surface area contributed by atoms with Gasteiger partial charge in [0.1, 0.15) is 24.7 Å². The van der Waals surface area contributed by atoms with E-state index in [-0.39, 0.29) is 18.1 Å². The van der Waals surface area contributed by atoms with Crippen molar-refractivity contribution in [3.63, 3.8) is 0 Å². The van der Waals surface area contributed by atoms with E-state index >= 15 is 0 Å². The molecular weight excluding hydrogens is 398 g/mol. The number of rotatable bonds is 8. The summed E-state index contributed by atoms with van der Waals surface area (Å²) in [6.07, 6.45) is 3.92. The molecule has 0 saturated carbocycles. The molecule has 9 nitrogen and oxygen atoms in total. The molecule has 1 fully saturated rings. The van der Waals surface area contributed by atoms with Crippen molar-refractivity contribution in [3.8, 4) is 5.75 Å². The molecule has 1 N–H and O–H groups in total. The van der Waals surface area contributed by atoms with Gasteiger partial charge < -0.3 is 14.8 Å². The van der Waals surface area contributed by atoms with Crippen molar-refractivity contribution in [1.29, 1.82) is 0 Å². The highest BCUT2D eigenvalue weighted by Crippen LogP contribution is 2.14. The molecule has 2 aliphatic rings. The highest BCUT2D eigenvalue weighted by molar-refractivity contribution is 5.75. The summed E-state index contributed by atoms with van der Waals surface area (Å²) in [5.41, 5.74) is 0.757. The number of carbonyl (C=O) groups excluding carboxylic acids is 1. The summed E-state index contributed by atoms with van der Waals surface area (Å²) >= 11 is 0. The van der Waals surface area contributed by atoms with E-state index in [9.17, 15) is 9.59 Å². The molecule has 168 valence electrons. The number of nitrogens with zero attached hydrogens (tertiary/aromatic N) is 4. The summed E-state index contributed by atoms with van der Waals surface area (Å²) in [5.74, 6) is 1.35. The van der Waals surface area contributed by atoms with Crippen LogP contribution in [0.3, 0.4) is 0 Å². The number of morpholine rings is 1. The van der Waals surface area contributed by atoms with E-state index in [0.29, 0.717) is 19.7 Å². The normalized spacial score (nSPS) is 17.0. The first kappa shape index (κ1) is 21.6. The zero-order valence-corrected chi connectivity index (χ0v) is 17.9. The highest BCUT2D eigenvalue weighted by Gasteiger charge is 2.17. The van der Waals surface area contributed by atoms with Crippen LogP contribution in [0.4, 0.5) is 0 Å². The summed E-state index contributed by atoms with van der Waals surface area (Å²) in [6, 6.07) is 7.72. The second-order valence-corrected chi connectivity index (χ2v) is 8.05. The molecule has 31 heavy (non-hydrogen) atoms. The molecule has 1 amide bonds. The fourth-order valence-electron chi connectivity index (χ4n) is 3.98. The smallest absolute Gasteiger partial charge is 0.346 e. The SMILES string of the molecule is O=C(Cn1nc2n(c1=O)CCCCC2)NCc1cccc(OCCN2CCOCC2)c1. The molecule has 0 unspecified atom stereocenters. The Balaban J connectivity index is 1.25. The lowest BCUT2D eigenvalue weighted by atomic mass is 10.2. The van der Waals surface area contributed by atoms with E-state index in [1.54, 1.807) is 4.57 Å². The van der Waals surface area contributed by atoms with E-state index in [1.165, 1.54) is 4.68 Å². The average molecular weight is 430 g/mol. The van der Waals surface area contributed by atoms with Gasteiger partial charge in [0.05, 0.1) is 13.2 Å². The summed E-state index contributed by atoms with van der Waals surface area (Å²) in [7, 11) is 0. The first-order chi connectivity index (χ1) is 15.2. The number of hydrogen-bond acceptors (Lipinski definition) is 6. The Labute approximate surface area is 181 Å². The van der Waals surface area contributed by atoms with Gasteiger partial charge in [-0.15, -0.1) is 0 Å². The molecule has 0 radical (unpaired) electrons. The monoisotopic (exact) mass is 429 g/mol. The van der Waals surface area contributed by atoms with Crippen molar-refractivity contribution >= 4 is 5.91 Å². The number of ether oxygens (including phenoxy) is 2. The van der Waals surface area contributed by atoms with Gasteiger partial charge in [-0.05, 0) is 30.5 Å². The Morgan fingerprint density at radius 3 is 2.90 bits per heavy atom. The lowest BCUT2D eigenvalue weighted by molar-refractivity contribution is -0.122. The minimum absolute atomic E-state index is 0.0609. The van der Waals surface area contributed by atoms with Crippen molar-refractivity contribution in [2.45, 2.75) is 45.3 Å². The Bertz CT molecular complexity index is 932. The number of carbonyl (C=O) groups is 1. The van der Waals surface area contributed by atoms with Crippen LogP contribution in [0.25, 0.3) is 0 Å². The van der Waals surface area contributed by atoms with Gasteiger partial charge in [-0.2, -0.15) is 5.10 Å².